The van der Waals surface area contributed by atoms with Crippen molar-refractivity contribution in [3.8, 4) is 0 Å². The zero-order valence-corrected chi connectivity index (χ0v) is 11.5. The summed E-state index contributed by atoms with van der Waals surface area (Å²) in [5, 5.41) is 14.2. The quantitative estimate of drug-likeness (QED) is 0.769. The highest BCUT2D eigenvalue weighted by Crippen LogP contribution is 2.26. The minimum atomic E-state index is -0.942. The molecule has 0 bridgehead atoms. The number of pyridine rings is 1. The van der Waals surface area contributed by atoms with E-state index in [1.54, 1.807) is 18.6 Å². The van der Waals surface area contributed by atoms with Crippen molar-refractivity contribution in [2.45, 2.75) is 6.04 Å². The summed E-state index contributed by atoms with van der Waals surface area (Å²) < 4.78 is 1.86. The molecule has 20 heavy (non-hydrogen) atoms. The Morgan fingerprint density at radius 1 is 1.45 bits per heavy atom. The fourth-order valence-corrected chi connectivity index (χ4v) is 2.78. The predicted molar refractivity (Wildman–Crippen MR) is 76.8 cm³/mol. The van der Waals surface area contributed by atoms with Gasteiger partial charge in [-0.1, -0.05) is 6.07 Å². The Morgan fingerprint density at radius 3 is 3.00 bits per heavy atom. The van der Waals surface area contributed by atoms with Gasteiger partial charge >= 0.3 is 5.97 Å². The van der Waals surface area contributed by atoms with Crippen LogP contribution in [0.2, 0.25) is 0 Å². The number of rotatable bonds is 4. The number of nitrogens with one attached hydrogen (secondary N) is 1. The van der Waals surface area contributed by atoms with Crippen molar-refractivity contribution in [3.63, 3.8) is 0 Å². The van der Waals surface area contributed by atoms with Gasteiger partial charge in [-0.2, -0.15) is 0 Å². The fourth-order valence-electron chi connectivity index (χ4n) is 2.01. The molecule has 3 heterocycles. The number of carbonyl (C=O) groups is 1. The molecule has 0 aromatic carbocycles. The number of anilines is 1. The van der Waals surface area contributed by atoms with Gasteiger partial charge in [0.15, 0.2) is 11.9 Å². The lowest BCUT2D eigenvalue weighted by Crippen LogP contribution is -2.20. The number of aromatic nitrogens is 3. The van der Waals surface area contributed by atoms with E-state index in [4.69, 9.17) is 0 Å². The number of fused-ring (bicyclic) bond motifs is 1. The highest BCUT2D eigenvalue weighted by molar-refractivity contribution is 7.10. The Hall–Kier alpha value is -2.41. The fraction of sp³-hybridized carbons (Fsp3) is 0.154. The molecule has 3 aromatic heterocycles. The van der Waals surface area contributed by atoms with E-state index in [2.05, 4.69) is 15.3 Å². The monoisotopic (exact) mass is 288 g/mol. The zero-order chi connectivity index (χ0) is 14.1. The molecule has 0 aliphatic heterocycles. The summed E-state index contributed by atoms with van der Waals surface area (Å²) in [6, 6.07) is 4.63. The first-order valence-corrected chi connectivity index (χ1v) is 6.83. The number of carboxylic acid groups (broad SMARTS) is 1. The number of thiophene rings is 1. The third-order valence-corrected chi connectivity index (χ3v) is 3.94. The summed E-state index contributed by atoms with van der Waals surface area (Å²) in [5.41, 5.74) is 1.57. The van der Waals surface area contributed by atoms with Crippen LogP contribution in [0.15, 0.2) is 36.1 Å². The first-order chi connectivity index (χ1) is 9.66. The molecule has 1 atom stereocenters. The van der Waals surface area contributed by atoms with Crippen LogP contribution in [-0.2, 0) is 11.8 Å². The van der Waals surface area contributed by atoms with Gasteiger partial charge in [-0.3, -0.25) is 0 Å². The Kier molecular flexibility index (Phi) is 3.11. The number of hydrogen-bond acceptors (Lipinski definition) is 5. The van der Waals surface area contributed by atoms with E-state index in [0.717, 1.165) is 10.4 Å². The molecule has 102 valence electrons. The third-order valence-electron chi connectivity index (χ3n) is 3.00. The van der Waals surface area contributed by atoms with E-state index in [0.29, 0.717) is 11.3 Å². The average Bonchev–Trinajstić information content (AvgIpc) is 3.06. The molecule has 6 nitrogen and oxygen atoms in total. The molecule has 0 spiro atoms. The van der Waals surface area contributed by atoms with Crippen molar-refractivity contribution in [3.05, 3.63) is 41.0 Å². The second-order valence-electron chi connectivity index (χ2n) is 4.31. The molecular weight excluding hydrogens is 276 g/mol. The zero-order valence-electron chi connectivity index (χ0n) is 10.6. The highest BCUT2D eigenvalue weighted by atomic mass is 32.1. The van der Waals surface area contributed by atoms with Crippen molar-refractivity contribution in [1.82, 2.24) is 14.5 Å². The average molecular weight is 288 g/mol. The van der Waals surface area contributed by atoms with E-state index in [-0.39, 0.29) is 0 Å². The summed E-state index contributed by atoms with van der Waals surface area (Å²) in [7, 11) is 1.88. The number of hydrogen-bond donors (Lipinski definition) is 2. The molecule has 0 saturated heterocycles. The van der Waals surface area contributed by atoms with Crippen LogP contribution < -0.4 is 5.32 Å². The molecule has 0 aliphatic rings. The standard InChI is InChI=1S/C13H12N4O2S/c1-17-7-15-10-8(17)4-5-14-12(10)16-11(13(18)19)9-3-2-6-20-9/h2-7,11H,1H3,(H,14,16)(H,18,19). The number of aliphatic carboxylic acids is 1. The van der Waals surface area contributed by atoms with E-state index < -0.39 is 12.0 Å². The Morgan fingerprint density at radius 2 is 2.30 bits per heavy atom. The number of aryl methyl sites for hydroxylation is 1. The van der Waals surface area contributed by atoms with Crippen LogP contribution >= 0.6 is 11.3 Å². The molecule has 0 radical (unpaired) electrons. The van der Waals surface area contributed by atoms with E-state index in [1.807, 2.05) is 29.1 Å². The SMILES string of the molecule is Cn1cnc2c(NC(C(=O)O)c3cccs3)nccc21. The van der Waals surface area contributed by atoms with Gasteiger partial charge in [0, 0.05) is 18.1 Å². The van der Waals surface area contributed by atoms with Crippen LogP contribution in [0.3, 0.4) is 0 Å². The molecular formula is C13H12N4O2S. The number of imidazole rings is 1. The van der Waals surface area contributed by atoms with Crippen molar-refractivity contribution in [2.24, 2.45) is 7.05 Å². The molecule has 1 unspecified atom stereocenters. The molecule has 0 saturated carbocycles. The predicted octanol–water partition coefficient (Wildman–Crippen LogP) is 2.27. The van der Waals surface area contributed by atoms with Gasteiger partial charge in [-0.05, 0) is 17.5 Å². The molecule has 0 amide bonds. The Labute approximate surface area is 118 Å². The van der Waals surface area contributed by atoms with Crippen LogP contribution in [0.1, 0.15) is 10.9 Å². The number of nitrogens with zero attached hydrogens (tertiary/aromatic N) is 3. The largest absolute Gasteiger partial charge is 0.479 e. The smallest absolute Gasteiger partial charge is 0.331 e. The van der Waals surface area contributed by atoms with Crippen LogP contribution in [0.4, 0.5) is 5.82 Å². The molecule has 3 rings (SSSR count). The summed E-state index contributed by atoms with van der Waals surface area (Å²) in [6.07, 6.45) is 3.32. The van der Waals surface area contributed by atoms with Crippen molar-refractivity contribution < 1.29 is 9.90 Å². The van der Waals surface area contributed by atoms with E-state index >= 15 is 0 Å². The molecule has 3 aromatic rings. The lowest BCUT2D eigenvalue weighted by molar-refractivity contribution is -0.138. The lowest BCUT2D eigenvalue weighted by Gasteiger charge is -2.13. The summed E-state index contributed by atoms with van der Waals surface area (Å²) in [5.74, 6) is -0.467. The van der Waals surface area contributed by atoms with Crippen LogP contribution in [0.25, 0.3) is 11.0 Å². The lowest BCUT2D eigenvalue weighted by atomic mass is 10.2. The van der Waals surface area contributed by atoms with Crippen molar-refractivity contribution in [1.29, 1.82) is 0 Å². The minimum Gasteiger partial charge on any atom is -0.479 e. The maximum atomic E-state index is 11.4. The van der Waals surface area contributed by atoms with Gasteiger partial charge in [0.2, 0.25) is 0 Å². The molecule has 2 N–H and O–H groups in total. The summed E-state index contributed by atoms with van der Waals surface area (Å²) >= 11 is 1.39. The first-order valence-electron chi connectivity index (χ1n) is 5.95. The molecule has 0 fully saturated rings. The summed E-state index contributed by atoms with van der Waals surface area (Å²) in [4.78, 5) is 20.6. The normalized spacial score (nSPS) is 12.4. The van der Waals surface area contributed by atoms with Gasteiger partial charge < -0.3 is 15.0 Å². The van der Waals surface area contributed by atoms with Gasteiger partial charge in [-0.15, -0.1) is 11.3 Å². The van der Waals surface area contributed by atoms with Crippen LogP contribution in [0, 0.1) is 0 Å². The first kappa shape index (κ1) is 12.6. The van der Waals surface area contributed by atoms with E-state index in [1.165, 1.54) is 11.3 Å². The van der Waals surface area contributed by atoms with Gasteiger partial charge in [0.05, 0.1) is 11.8 Å². The molecule has 0 aliphatic carbocycles. The third kappa shape index (κ3) is 2.12. The second-order valence-corrected chi connectivity index (χ2v) is 5.29. The topological polar surface area (TPSA) is 80.0 Å². The van der Waals surface area contributed by atoms with Gasteiger partial charge in [0.1, 0.15) is 5.52 Å². The second kappa shape index (κ2) is 4.93. The Balaban J connectivity index is 2.01. The highest BCUT2D eigenvalue weighted by Gasteiger charge is 2.22. The summed E-state index contributed by atoms with van der Waals surface area (Å²) in [6.45, 7) is 0. The van der Waals surface area contributed by atoms with Crippen LogP contribution in [0.5, 0.6) is 0 Å². The molecule has 7 heteroatoms. The number of carboxylic acids is 1. The maximum absolute atomic E-state index is 11.4. The minimum absolute atomic E-state index is 0.476. The van der Waals surface area contributed by atoms with Crippen molar-refractivity contribution >= 4 is 34.2 Å². The van der Waals surface area contributed by atoms with Gasteiger partial charge in [-0.25, -0.2) is 14.8 Å². The van der Waals surface area contributed by atoms with Crippen LogP contribution in [-0.4, -0.2) is 25.6 Å². The van der Waals surface area contributed by atoms with Crippen molar-refractivity contribution in [2.75, 3.05) is 5.32 Å². The maximum Gasteiger partial charge on any atom is 0.331 e. The van der Waals surface area contributed by atoms with E-state index in [9.17, 15) is 9.90 Å². The van der Waals surface area contributed by atoms with Gasteiger partial charge in [0.25, 0.3) is 0 Å². The Bertz CT molecular complexity index is 751.